The average molecular weight is 555 g/mol. The minimum absolute atomic E-state index is 0.140. The number of carbonyl (C=O) groups excluding carboxylic acids is 2. The van der Waals surface area contributed by atoms with E-state index in [0.717, 1.165) is 78.2 Å². The highest BCUT2D eigenvalue weighted by molar-refractivity contribution is 5.94. The minimum Gasteiger partial charge on any atom is -0.367 e. The normalized spacial score (nSPS) is 15.4. The van der Waals surface area contributed by atoms with Gasteiger partial charge >= 0.3 is 6.03 Å². The van der Waals surface area contributed by atoms with Crippen LogP contribution in [0.1, 0.15) is 36.5 Å². The zero-order chi connectivity index (χ0) is 28.8. The van der Waals surface area contributed by atoms with Crippen LogP contribution in [0.2, 0.25) is 0 Å². The van der Waals surface area contributed by atoms with E-state index in [2.05, 4.69) is 76.0 Å². The largest absolute Gasteiger partial charge is 0.367 e. The van der Waals surface area contributed by atoms with E-state index in [4.69, 9.17) is 5.73 Å². The quantitative estimate of drug-likeness (QED) is 0.339. The van der Waals surface area contributed by atoms with Gasteiger partial charge in [0.15, 0.2) is 0 Å². The number of anilines is 2. The van der Waals surface area contributed by atoms with Crippen molar-refractivity contribution < 1.29 is 9.59 Å². The molecule has 0 atom stereocenters. The smallest absolute Gasteiger partial charge is 0.319 e. The van der Waals surface area contributed by atoms with Crippen molar-refractivity contribution >= 4 is 23.3 Å². The molecule has 41 heavy (non-hydrogen) atoms. The summed E-state index contributed by atoms with van der Waals surface area (Å²) in [5.41, 5.74) is 13.0. The maximum atomic E-state index is 13.3. The number of hydrogen-bond donors (Lipinski definition) is 3. The van der Waals surface area contributed by atoms with E-state index in [-0.39, 0.29) is 17.9 Å². The van der Waals surface area contributed by atoms with Crippen molar-refractivity contribution in [2.75, 3.05) is 50.0 Å². The van der Waals surface area contributed by atoms with E-state index in [1.165, 1.54) is 0 Å². The fourth-order valence-electron chi connectivity index (χ4n) is 5.41. The second kappa shape index (κ2) is 13.2. The van der Waals surface area contributed by atoms with Crippen molar-refractivity contribution in [3.05, 3.63) is 83.4 Å². The number of nitrogens with one attached hydrogen (secondary N) is 2. The molecule has 0 bridgehead atoms. The molecule has 8 heteroatoms. The molecule has 0 unspecified atom stereocenters. The van der Waals surface area contributed by atoms with Crippen LogP contribution < -0.4 is 21.3 Å². The molecule has 3 aromatic carbocycles. The third-order valence-corrected chi connectivity index (χ3v) is 7.90. The predicted octanol–water partition coefficient (Wildman–Crippen LogP) is 4.64. The highest BCUT2D eigenvalue weighted by Gasteiger charge is 2.33. The lowest BCUT2D eigenvalue weighted by Crippen LogP contribution is -2.44. The Hall–Kier alpha value is -3.88. The second-order valence-electron chi connectivity index (χ2n) is 11.2. The lowest BCUT2D eigenvalue weighted by Gasteiger charge is -2.35. The van der Waals surface area contributed by atoms with Gasteiger partial charge < -0.3 is 31.1 Å². The van der Waals surface area contributed by atoms with Crippen molar-refractivity contribution in [2.24, 2.45) is 11.7 Å². The predicted molar refractivity (Wildman–Crippen MR) is 166 cm³/mol. The summed E-state index contributed by atoms with van der Waals surface area (Å²) >= 11 is 0. The number of amides is 3. The van der Waals surface area contributed by atoms with Gasteiger partial charge in [-0.3, -0.25) is 4.79 Å². The number of nitrogens with two attached hydrogens (primary N) is 1. The number of nitrogens with zero attached hydrogens (tertiary/aromatic N) is 3. The number of urea groups is 1. The van der Waals surface area contributed by atoms with E-state index in [0.29, 0.717) is 26.2 Å². The summed E-state index contributed by atoms with van der Waals surface area (Å²) in [5, 5.41) is 5.93. The van der Waals surface area contributed by atoms with E-state index < -0.39 is 0 Å². The monoisotopic (exact) mass is 554 g/mol. The molecular formula is C33H42N6O2. The molecule has 1 aliphatic carbocycles. The Morgan fingerprint density at radius 3 is 2.22 bits per heavy atom. The van der Waals surface area contributed by atoms with Gasteiger partial charge in [-0.2, -0.15) is 0 Å². The summed E-state index contributed by atoms with van der Waals surface area (Å²) in [6.07, 6.45) is 1.94. The van der Waals surface area contributed by atoms with Gasteiger partial charge in [0.1, 0.15) is 0 Å². The Kier molecular flexibility index (Phi) is 9.21. The van der Waals surface area contributed by atoms with E-state index in [1.54, 1.807) is 0 Å². The van der Waals surface area contributed by atoms with Gasteiger partial charge in [-0.25, -0.2) is 4.79 Å². The van der Waals surface area contributed by atoms with Crippen molar-refractivity contribution in [1.82, 2.24) is 15.1 Å². The van der Waals surface area contributed by atoms with Gasteiger partial charge in [0, 0.05) is 58.3 Å². The number of hydrogen-bond acceptors (Lipinski definition) is 5. The van der Waals surface area contributed by atoms with Gasteiger partial charge in [-0.05, 0) is 72.8 Å². The SMILES string of the molecule is CCNC(=O)Nc1cc(-c2cccc(CN(Cc3cccc(CN)c3)C(=O)C3CC3)c2)ccc1N1CCN(C)CC1. The number of likely N-dealkylation sites (N-methyl/N-ethyl adjacent to an activating group) is 1. The Labute approximate surface area is 243 Å². The minimum atomic E-state index is -0.207. The van der Waals surface area contributed by atoms with E-state index in [9.17, 15) is 9.59 Å². The van der Waals surface area contributed by atoms with Crippen LogP contribution in [0.25, 0.3) is 11.1 Å². The average Bonchev–Trinajstić information content (AvgIpc) is 3.83. The summed E-state index contributed by atoms with van der Waals surface area (Å²) in [6, 6.07) is 22.7. The molecule has 1 heterocycles. The first kappa shape index (κ1) is 28.6. The summed E-state index contributed by atoms with van der Waals surface area (Å²) in [5.74, 6) is 0.361. The summed E-state index contributed by atoms with van der Waals surface area (Å²) in [7, 11) is 2.14. The Morgan fingerprint density at radius 1 is 0.878 bits per heavy atom. The van der Waals surface area contributed by atoms with Gasteiger partial charge in [0.2, 0.25) is 5.91 Å². The topological polar surface area (TPSA) is 93.9 Å². The molecule has 1 saturated carbocycles. The van der Waals surface area contributed by atoms with Crippen molar-refractivity contribution in [3.63, 3.8) is 0 Å². The lowest BCUT2D eigenvalue weighted by molar-refractivity contribution is -0.133. The van der Waals surface area contributed by atoms with Gasteiger partial charge in [-0.15, -0.1) is 0 Å². The Bertz CT molecular complexity index is 1360. The Morgan fingerprint density at radius 2 is 1.54 bits per heavy atom. The zero-order valence-corrected chi connectivity index (χ0v) is 24.2. The van der Waals surface area contributed by atoms with Crippen LogP contribution in [-0.2, 0) is 24.4 Å². The standard InChI is InChI=1S/C33H42N6O2/c1-3-35-33(41)36-30-20-29(12-13-31(30)38-16-14-37(2)15-17-38)28-9-5-8-26(19-28)23-39(32(40)27-10-11-27)22-25-7-4-6-24(18-25)21-34/h4-9,12-13,18-20,27H,3,10-11,14-17,21-23,34H2,1-2H3,(H2,35,36,41). The second-order valence-corrected chi connectivity index (χ2v) is 11.2. The van der Waals surface area contributed by atoms with Crippen LogP contribution in [0.4, 0.5) is 16.2 Å². The Balaban J connectivity index is 1.40. The fraction of sp³-hybridized carbons (Fsp3) is 0.394. The van der Waals surface area contributed by atoms with Crippen LogP contribution >= 0.6 is 0 Å². The van der Waals surface area contributed by atoms with Gasteiger partial charge in [-0.1, -0.05) is 48.5 Å². The van der Waals surface area contributed by atoms with Crippen molar-refractivity contribution in [1.29, 1.82) is 0 Å². The first-order valence-corrected chi connectivity index (χ1v) is 14.7. The summed E-state index contributed by atoms with van der Waals surface area (Å²) in [6.45, 7) is 7.85. The molecule has 1 aliphatic heterocycles. The first-order chi connectivity index (χ1) is 19.9. The van der Waals surface area contributed by atoms with Crippen LogP contribution in [0.3, 0.4) is 0 Å². The van der Waals surface area contributed by atoms with Crippen LogP contribution in [-0.4, -0.2) is 61.5 Å². The number of carbonyl (C=O) groups is 2. The lowest BCUT2D eigenvalue weighted by atomic mass is 10.0. The molecule has 0 radical (unpaired) electrons. The molecule has 5 rings (SSSR count). The molecule has 1 saturated heterocycles. The molecule has 4 N–H and O–H groups in total. The number of piperazine rings is 1. The number of rotatable bonds is 10. The van der Waals surface area contributed by atoms with E-state index >= 15 is 0 Å². The molecule has 8 nitrogen and oxygen atoms in total. The number of benzene rings is 3. The van der Waals surface area contributed by atoms with Gasteiger partial charge in [0.25, 0.3) is 0 Å². The molecule has 0 spiro atoms. The third-order valence-electron chi connectivity index (χ3n) is 7.90. The van der Waals surface area contributed by atoms with Crippen LogP contribution in [0.15, 0.2) is 66.7 Å². The zero-order valence-electron chi connectivity index (χ0n) is 24.2. The highest BCUT2D eigenvalue weighted by Crippen LogP contribution is 2.34. The summed E-state index contributed by atoms with van der Waals surface area (Å²) < 4.78 is 0. The molecule has 2 fully saturated rings. The molecule has 2 aliphatic rings. The molecule has 216 valence electrons. The molecular weight excluding hydrogens is 512 g/mol. The highest BCUT2D eigenvalue weighted by atomic mass is 16.2. The van der Waals surface area contributed by atoms with Crippen LogP contribution in [0, 0.1) is 5.92 Å². The maximum Gasteiger partial charge on any atom is 0.319 e. The fourth-order valence-corrected chi connectivity index (χ4v) is 5.41. The van der Waals surface area contributed by atoms with Gasteiger partial charge in [0.05, 0.1) is 11.4 Å². The first-order valence-electron chi connectivity index (χ1n) is 14.7. The molecule has 3 amide bonds. The van der Waals surface area contributed by atoms with Crippen molar-refractivity contribution in [2.45, 2.75) is 39.4 Å². The summed E-state index contributed by atoms with van der Waals surface area (Å²) in [4.78, 5) is 32.5. The van der Waals surface area contributed by atoms with Crippen molar-refractivity contribution in [3.8, 4) is 11.1 Å². The van der Waals surface area contributed by atoms with Crippen LogP contribution in [0.5, 0.6) is 0 Å². The van der Waals surface area contributed by atoms with E-state index in [1.807, 2.05) is 30.0 Å². The molecule has 3 aromatic rings. The maximum absolute atomic E-state index is 13.3. The molecule has 0 aromatic heterocycles. The third kappa shape index (κ3) is 7.45.